The van der Waals surface area contributed by atoms with E-state index in [9.17, 15) is 14.7 Å². The van der Waals surface area contributed by atoms with Crippen LogP contribution in [0, 0.1) is 6.92 Å². The number of aromatic nitrogens is 2. The molecular formula is C24H28N4O3. The van der Waals surface area contributed by atoms with E-state index in [1.807, 2.05) is 54.6 Å². The molecule has 0 spiro atoms. The molecule has 1 aliphatic rings. The number of hydrogen-bond donors (Lipinski definition) is 3. The zero-order chi connectivity index (χ0) is 22.3. The number of nitrogens with one attached hydrogen (secondary N) is 2. The van der Waals surface area contributed by atoms with Gasteiger partial charge in [-0.25, -0.2) is 14.2 Å². The van der Waals surface area contributed by atoms with Gasteiger partial charge < -0.3 is 10.4 Å². The van der Waals surface area contributed by atoms with Gasteiger partial charge in [0.1, 0.15) is 5.82 Å². The van der Waals surface area contributed by atoms with Crippen LogP contribution in [0.1, 0.15) is 43.0 Å². The average Bonchev–Trinajstić information content (AvgIpc) is 2.95. The third-order valence-corrected chi connectivity index (χ3v) is 6.13. The normalized spacial score (nSPS) is 19.5. The van der Waals surface area contributed by atoms with Crippen molar-refractivity contribution in [2.24, 2.45) is 7.05 Å². The number of para-hydroxylation sites is 1. The van der Waals surface area contributed by atoms with Crippen molar-refractivity contribution in [1.29, 1.82) is 0 Å². The molecule has 0 aliphatic heterocycles. The molecule has 3 N–H and O–H groups in total. The quantitative estimate of drug-likeness (QED) is 0.607. The SMILES string of the molecule is Cc1c(NC(=O)N[C@H]2c3ccccc3C(C)(C)C[C@@H]2O)n(-c2ccccc2)n(C)c1=O. The zero-order valence-electron chi connectivity index (χ0n) is 18.2. The van der Waals surface area contributed by atoms with Crippen LogP contribution in [-0.2, 0) is 12.5 Å². The highest BCUT2D eigenvalue weighted by Crippen LogP contribution is 2.41. The summed E-state index contributed by atoms with van der Waals surface area (Å²) in [4.78, 5) is 25.6. The maximum absolute atomic E-state index is 13.0. The smallest absolute Gasteiger partial charge is 0.320 e. The van der Waals surface area contributed by atoms with E-state index in [-0.39, 0.29) is 11.0 Å². The van der Waals surface area contributed by atoms with E-state index < -0.39 is 18.2 Å². The van der Waals surface area contributed by atoms with Gasteiger partial charge in [0, 0.05) is 7.05 Å². The first-order valence-electron chi connectivity index (χ1n) is 10.4. The molecule has 1 heterocycles. The second kappa shape index (κ2) is 7.74. The molecule has 0 radical (unpaired) electrons. The lowest BCUT2D eigenvalue weighted by molar-refractivity contribution is 0.0883. The van der Waals surface area contributed by atoms with Crippen LogP contribution in [-0.4, -0.2) is 26.6 Å². The third-order valence-electron chi connectivity index (χ3n) is 6.13. The monoisotopic (exact) mass is 420 g/mol. The lowest BCUT2D eigenvalue weighted by Crippen LogP contribution is -2.45. The molecule has 1 aliphatic carbocycles. The fourth-order valence-corrected chi connectivity index (χ4v) is 4.56. The van der Waals surface area contributed by atoms with Crippen LogP contribution in [0.3, 0.4) is 0 Å². The van der Waals surface area contributed by atoms with Crippen molar-refractivity contribution in [3.8, 4) is 5.69 Å². The summed E-state index contributed by atoms with van der Waals surface area (Å²) >= 11 is 0. The van der Waals surface area contributed by atoms with Crippen LogP contribution in [0.25, 0.3) is 5.69 Å². The first-order chi connectivity index (χ1) is 14.7. The van der Waals surface area contributed by atoms with E-state index >= 15 is 0 Å². The molecule has 0 bridgehead atoms. The Hall–Kier alpha value is -3.32. The van der Waals surface area contributed by atoms with Gasteiger partial charge in [0.25, 0.3) is 5.56 Å². The summed E-state index contributed by atoms with van der Waals surface area (Å²) in [6.07, 6.45) is -0.183. The van der Waals surface area contributed by atoms with Crippen LogP contribution >= 0.6 is 0 Å². The molecule has 2 amide bonds. The Balaban J connectivity index is 1.65. The number of amides is 2. The summed E-state index contributed by atoms with van der Waals surface area (Å²) in [6, 6.07) is 16.2. The zero-order valence-corrected chi connectivity index (χ0v) is 18.2. The maximum atomic E-state index is 13.0. The minimum absolute atomic E-state index is 0.186. The van der Waals surface area contributed by atoms with Crippen molar-refractivity contribution >= 4 is 11.8 Å². The van der Waals surface area contributed by atoms with Crippen LogP contribution in [0.15, 0.2) is 59.4 Å². The van der Waals surface area contributed by atoms with Crippen LogP contribution in [0.5, 0.6) is 0 Å². The second-order valence-electron chi connectivity index (χ2n) is 8.77. The molecular weight excluding hydrogens is 392 g/mol. The van der Waals surface area contributed by atoms with Crippen LogP contribution < -0.4 is 16.2 Å². The topological polar surface area (TPSA) is 88.3 Å². The van der Waals surface area contributed by atoms with Crippen LogP contribution in [0.4, 0.5) is 10.6 Å². The fourth-order valence-electron chi connectivity index (χ4n) is 4.56. The van der Waals surface area contributed by atoms with Gasteiger partial charge in [-0.2, -0.15) is 0 Å². The molecule has 7 heteroatoms. The first-order valence-corrected chi connectivity index (χ1v) is 10.4. The van der Waals surface area contributed by atoms with E-state index in [1.54, 1.807) is 18.7 Å². The first kappa shape index (κ1) is 20.9. The van der Waals surface area contributed by atoms with Gasteiger partial charge in [-0.1, -0.05) is 56.3 Å². The largest absolute Gasteiger partial charge is 0.391 e. The van der Waals surface area contributed by atoms with Crippen molar-refractivity contribution in [1.82, 2.24) is 14.7 Å². The van der Waals surface area contributed by atoms with E-state index in [0.29, 0.717) is 17.8 Å². The number of carbonyl (C=O) groups excluding carboxylic acids is 1. The Labute approximate surface area is 181 Å². The van der Waals surface area contributed by atoms with Gasteiger partial charge in [-0.3, -0.25) is 10.1 Å². The Kier molecular flexibility index (Phi) is 5.23. The van der Waals surface area contributed by atoms with Crippen molar-refractivity contribution < 1.29 is 9.90 Å². The summed E-state index contributed by atoms with van der Waals surface area (Å²) in [5.74, 6) is 0.398. The summed E-state index contributed by atoms with van der Waals surface area (Å²) in [5, 5.41) is 16.6. The third kappa shape index (κ3) is 3.65. The Morgan fingerprint density at radius 3 is 2.45 bits per heavy atom. The Morgan fingerprint density at radius 1 is 1.10 bits per heavy atom. The van der Waals surface area contributed by atoms with Gasteiger partial charge in [0.05, 0.1) is 23.4 Å². The van der Waals surface area contributed by atoms with Crippen molar-refractivity contribution in [2.75, 3.05) is 5.32 Å². The lowest BCUT2D eigenvalue weighted by Gasteiger charge is -2.40. The lowest BCUT2D eigenvalue weighted by atomic mass is 9.70. The highest BCUT2D eigenvalue weighted by atomic mass is 16.3. The van der Waals surface area contributed by atoms with Gasteiger partial charge >= 0.3 is 6.03 Å². The Bertz CT molecular complexity index is 1180. The average molecular weight is 421 g/mol. The standard InChI is InChI=1S/C24H28N4O3/c1-15-21(28(27(4)22(15)30)16-10-6-5-7-11-16)26-23(31)25-20-17-12-8-9-13-18(17)24(2,3)14-19(20)29/h5-13,19-20,29H,14H2,1-4H3,(H2,25,26,31)/t19-,20-/m0/s1. The molecule has 0 unspecified atom stereocenters. The van der Waals surface area contributed by atoms with Crippen molar-refractivity contribution in [2.45, 2.75) is 44.8 Å². The summed E-state index contributed by atoms with van der Waals surface area (Å²) in [6.45, 7) is 5.87. The number of rotatable bonds is 3. The molecule has 31 heavy (non-hydrogen) atoms. The molecule has 2 atom stereocenters. The van der Waals surface area contributed by atoms with Gasteiger partial charge in [0.2, 0.25) is 0 Å². The number of aliphatic hydroxyl groups is 1. The van der Waals surface area contributed by atoms with E-state index in [0.717, 1.165) is 16.8 Å². The number of fused-ring (bicyclic) bond motifs is 1. The molecule has 4 rings (SSSR count). The number of aliphatic hydroxyl groups excluding tert-OH is 1. The molecule has 3 aromatic rings. The molecule has 1 aromatic heterocycles. The summed E-state index contributed by atoms with van der Waals surface area (Å²) < 4.78 is 3.14. The predicted octanol–water partition coefficient (Wildman–Crippen LogP) is 3.39. The Morgan fingerprint density at radius 2 is 1.74 bits per heavy atom. The molecule has 7 nitrogen and oxygen atoms in total. The molecule has 0 saturated carbocycles. The minimum Gasteiger partial charge on any atom is -0.391 e. The number of benzene rings is 2. The molecule has 0 saturated heterocycles. The molecule has 162 valence electrons. The van der Waals surface area contributed by atoms with E-state index in [1.165, 1.54) is 4.68 Å². The minimum atomic E-state index is -0.719. The number of nitrogens with zero attached hydrogens (tertiary/aromatic N) is 2. The molecule has 0 fully saturated rings. The molecule has 2 aromatic carbocycles. The van der Waals surface area contributed by atoms with Gasteiger partial charge in [0.15, 0.2) is 0 Å². The van der Waals surface area contributed by atoms with Crippen LogP contribution in [0.2, 0.25) is 0 Å². The highest BCUT2D eigenvalue weighted by molar-refractivity contribution is 5.90. The number of urea groups is 1. The fraction of sp³-hybridized carbons (Fsp3) is 0.333. The number of carbonyl (C=O) groups is 1. The van der Waals surface area contributed by atoms with Crippen molar-refractivity contribution in [3.63, 3.8) is 0 Å². The summed E-state index contributed by atoms with van der Waals surface area (Å²) in [7, 11) is 1.66. The summed E-state index contributed by atoms with van der Waals surface area (Å²) in [5.41, 5.74) is 2.84. The predicted molar refractivity (Wildman–Crippen MR) is 121 cm³/mol. The van der Waals surface area contributed by atoms with E-state index in [2.05, 4.69) is 24.5 Å². The van der Waals surface area contributed by atoms with Crippen molar-refractivity contribution in [3.05, 3.63) is 81.6 Å². The second-order valence-corrected chi connectivity index (χ2v) is 8.77. The maximum Gasteiger partial charge on any atom is 0.320 e. The van der Waals surface area contributed by atoms with E-state index in [4.69, 9.17) is 0 Å². The van der Waals surface area contributed by atoms with Gasteiger partial charge in [-0.05, 0) is 42.0 Å². The number of anilines is 1. The highest BCUT2D eigenvalue weighted by Gasteiger charge is 2.39. The number of hydrogen-bond acceptors (Lipinski definition) is 3. The van der Waals surface area contributed by atoms with Gasteiger partial charge in [-0.15, -0.1) is 0 Å².